The van der Waals surface area contributed by atoms with Gasteiger partial charge in [-0.15, -0.1) is 0 Å². The molecule has 0 unspecified atom stereocenters. The lowest BCUT2D eigenvalue weighted by Gasteiger charge is -2.06. The molecule has 0 radical (unpaired) electrons. The van der Waals surface area contributed by atoms with E-state index in [1.807, 2.05) is 6.92 Å². The summed E-state index contributed by atoms with van der Waals surface area (Å²) in [6.07, 6.45) is 2.39. The highest BCUT2D eigenvalue weighted by atomic mass is 16.1. The van der Waals surface area contributed by atoms with Gasteiger partial charge in [-0.1, -0.05) is 13.8 Å². The van der Waals surface area contributed by atoms with E-state index in [4.69, 9.17) is 0 Å². The highest BCUT2D eigenvalue weighted by Gasteiger charge is 2.06. The molecule has 4 nitrogen and oxygen atoms in total. The minimum absolute atomic E-state index is 0.124. The Balaban J connectivity index is 2.47. The predicted octanol–water partition coefficient (Wildman–Crippen LogP) is 1.56. The number of nitrogens with one attached hydrogen (secondary N) is 1. The number of carbonyl (C=O) groups excluding carboxylic acids is 1. The van der Waals surface area contributed by atoms with Crippen LogP contribution in [0.2, 0.25) is 0 Å². The van der Waals surface area contributed by atoms with Crippen molar-refractivity contribution < 1.29 is 4.79 Å². The molecule has 0 spiro atoms. The second-order valence-corrected chi connectivity index (χ2v) is 3.98. The third kappa shape index (κ3) is 4.06. The summed E-state index contributed by atoms with van der Waals surface area (Å²) < 4.78 is 0. The van der Waals surface area contributed by atoms with Crippen LogP contribution in [0, 0.1) is 12.8 Å². The van der Waals surface area contributed by atoms with Crippen molar-refractivity contribution in [2.24, 2.45) is 5.92 Å². The fourth-order valence-electron chi connectivity index (χ4n) is 1.14. The van der Waals surface area contributed by atoms with Gasteiger partial charge in [-0.3, -0.25) is 4.79 Å². The standard InChI is InChI=1S/C11H17N3O/c1-8(2)4-5-12-11(15)10-6-9(3)13-7-14-10/h6-8H,4-5H2,1-3H3,(H,12,15). The van der Waals surface area contributed by atoms with E-state index in [0.717, 1.165) is 12.1 Å². The van der Waals surface area contributed by atoms with Crippen LogP contribution < -0.4 is 5.32 Å². The van der Waals surface area contributed by atoms with Crippen molar-refractivity contribution in [2.45, 2.75) is 27.2 Å². The SMILES string of the molecule is Cc1cc(C(=O)NCCC(C)C)ncn1. The molecule has 0 atom stereocenters. The number of aromatic nitrogens is 2. The Morgan fingerprint density at radius 2 is 2.20 bits per heavy atom. The molecule has 0 fully saturated rings. The van der Waals surface area contributed by atoms with E-state index in [0.29, 0.717) is 18.2 Å². The number of aryl methyl sites for hydroxylation is 1. The smallest absolute Gasteiger partial charge is 0.270 e. The van der Waals surface area contributed by atoms with Crippen LogP contribution in [0.15, 0.2) is 12.4 Å². The molecule has 1 aromatic heterocycles. The van der Waals surface area contributed by atoms with Crippen LogP contribution >= 0.6 is 0 Å². The Kier molecular flexibility index (Phi) is 4.21. The van der Waals surface area contributed by atoms with Gasteiger partial charge in [-0.25, -0.2) is 9.97 Å². The van der Waals surface area contributed by atoms with E-state index >= 15 is 0 Å². The first-order chi connectivity index (χ1) is 7.09. The molecule has 4 heteroatoms. The van der Waals surface area contributed by atoms with Crippen molar-refractivity contribution in [3.05, 3.63) is 23.8 Å². The molecule has 1 amide bonds. The van der Waals surface area contributed by atoms with Crippen molar-refractivity contribution in [3.63, 3.8) is 0 Å². The van der Waals surface area contributed by atoms with E-state index in [9.17, 15) is 4.79 Å². The van der Waals surface area contributed by atoms with Gasteiger partial charge in [0.2, 0.25) is 0 Å². The van der Waals surface area contributed by atoms with Gasteiger partial charge in [0, 0.05) is 12.2 Å². The molecule has 0 saturated carbocycles. The molecular formula is C11H17N3O. The Hall–Kier alpha value is -1.45. The van der Waals surface area contributed by atoms with E-state index < -0.39 is 0 Å². The van der Waals surface area contributed by atoms with E-state index in [2.05, 4.69) is 29.1 Å². The quantitative estimate of drug-likeness (QED) is 0.815. The lowest BCUT2D eigenvalue weighted by Crippen LogP contribution is -2.26. The summed E-state index contributed by atoms with van der Waals surface area (Å²) in [6, 6.07) is 1.69. The fourth-order valence-corrected chi connectivity index (χ4v) is 1.14. The van der Waals surface area contributed by atoms with Gasteiger partial charge in [0.1, 0.15) is 12.0 Å². The molecule has 1 rings (SSSR count). The average Bonchev–Trinajstić information content (AvgIpc) is 2.17. The number of hydrogen-bond acceptors (Lipinski definition) is 3. The summed E-state index contributed by atoms with van der Waals surface area (Å²) in [5.74, 6) is 0.471. The maximum Gasteiger partial charge on any atom is 0.270 e. The minimum Gasteiger partial charge on any atom is -0.351 e. The van der Waals surface area contributed by atoms with Crippen LogP contribution in [0.4, 0.5) is 0 Å². The zero-order chi connectivity index (χ0) is 11.3. The van der Waals surface area contributed by atoms with Crippen molar-refractivity contribution >= 4 is 5.91 Å². The van der Waals surface area contributed by atoms with Crippen LogP contribution in [0.25, 0.3) is 0 Å². The molecule has 0 aliphatic carbocycles. The molecule has 1 heterocycles. The molecule has 0 aromatic carbocycles. The molecule has 0 bridgehead atoms. The lowest BCUT2D eigenvalue weighted by molar-refractivity contribution is 0.0946. The summed E-state index contributed by atoms with van der Waals surface area (Å²) in [4.78, 5) is 19.4. The summed E-state index contributed by atoms with van der Waals surface area (Å²) in [6.45, 7) is 6.79. The highest BCUT2D eigenvalue weighted by Crippen LogP contribution is 1.99. The van der Waals surface area contributed by atoms with Crippen molar-refractivity contribution in [1.82, 2.24) is 15.3 Å². The molecule has 1 aromatic rings. The molecule has 0 aliphatic heterocycles. The number of rotatable bonds is 4. The van der Waals surface area contributed by atoms with Crippen molar-refractivity contribution in [2.75, 3.05) is 6.54 Å². The van der Waals surface area contributed by atoms with E-state index in [1.165, 1.54) is 6.33 Å². The number of carbonyl (C=O) groups is 1. The number of hydrogen-bond donors (Lipinski definition) is 1. The Labute approximate surface area is 90.1 Å². The molecule has 15 heavy (non-hydrogen) atoms. The molecule has 82 valence electrons. The second-order valence-electron chi connectivity index (χ2n) is 3.98. The van der Waals surface area contributed by atoms with Crippen LogP contribution in [-0.4, -0.2) is 22.4 Å². The largest absolute Gasteiger partial charge is 0.351 e. The van der Waals surface area contributed by atoms with E-state index in [1.54, 1.807) is 6.07 Å². The van der Waals surface area contributed by atoms with Gasteiger partial charge in [-0.2, -0.15) is 0 Å². The summed E-state index contributed by atoms with van der Waals surface area (Å²) in [7, 11) is 0. The number of nitrogens with zero attached hydrogens (tertiary/aromatic N) is 2. The number of amides is 1. The van der Waals surface area contributed by atoms with Crippen LogP contribution in [-0.2, 0) is 0 Å². The average molecular weight is 207 g/mol. The summed E-state index contributed by atoms with van der Waals surface area (Å²) in [5.41, 5.74) is 1.24. The topological polar surface area (TPSA) is 54.9 Å². The fraction of sp³-hybridized carbons (Fsp3) is 0.545. The molecular weight excluding hydrogens is 190 g/mol. The van der Waals surface area contributed by atoms with Gasteiger partial charge in [0.15, 0.2) is 0 Å². The highest BCUT2D eigenvalue weighted by molar-refractivity contribution is 5.92. The molecule has 0 saturated heterocycles. The van der Waals surface area contributed by atoms with E-state index in [-0.39, 0.29) is 5.91 Å². The zero-order valence-electron chi connectivity index (χ0n) is 9.45. The summed E-state index contributed by atoms with van der Waals surface area (Å²) in [5, 5.41) is 2.83. The normalized spacial score (nSPS) is 10.4. The third-order valence-corrected chi connectivity index (χ3v) is 2.04. The second kappa shape index (κ2) is 5.44. The van der Waals surface area contributed by atoms with Crippen LogP contribution in [0.1, 0.15) is 36.5 Å². The molecule has 0 aliphatic rings. The Morgan fingerprint density at radius 3 is 2.80 bits per heavy atom. The Bertz CT molecular complexity index is 336. The zero-order valence-corrected chi connectivity index (χ0v) is 9.45. The Morgan fingerprint density at radius 1 is 1.47 bits per heavy atom. The monoisotopic (exact) mass is 207 g/mol. The van der Waals surface area contributed by atoms with Crippen LogP contribution in [0.3, 0.4) is 0 Å². The summed E-state index contributed by atoms with van der Waals surface area (Å²) >= 11 is 0. The first-order valence-corrected chi connectivity index (χ1v) is 5.16. The predicted molar refractivity (Wildman–Crippen MR) is 58.6 cm³/mol. The van der Waals surface area contributed by atoms with Crippen molar-refractivity contribution in [1.29, 1.82) is 0 Å². The maximum absolute atomic E-state index is 11.6. The van der Waals surface area contributed by atoms with Crippen LogP contribution in [0.5, 0.6) is 0 Å². The minimum atomic E-state index is -0.124. The first kappa shape index (κ1) is 11.6. The maximum atomic E-state index is 11.6. The van der Waals surface area contributed by atoms with Gasteiger partial charge in [0.25, 0.3) is 5.91 Å². The van der Waals surface area contributed by atoms with Gasteiger partial charge in [-0.05, 0) is 25.3 Å². The van der Waals surface area contributed by atoms with Gasteiger partial charge >= 0.3 is 0 Å². The van der Waals surface area contributed by atoms with Gasteiger partial charge in [0.05, 0.1) is 0 Å². The lowest BCUT2D eigenvalue weighted by atomic mass is 10.1. The van der Waals surface area contributed by atoms with Gasteiger partial charge < -0.3 is 5.32 Å². The van der Waals surface area contributed by atoms with Crippen molar-refractivity contribution in [3.8, 4) is 0 Å². The first-order valence-electron chi connectivity index (χ1n) is 5.16. The molecule has 1 N–H and O–H groups in total. The third-order valence-electron chi connectivity index (χ3n) is 2.04.